The fraction of sp³-hybridized carbons (Fsp3) is 0. The molecule has 0 aliphatic heterocycles. The van der Waals surface area contributed by atoms with Crippen molar-refractivity contribution in [1.29, 1.82) is 5.26 Å². The topological polar surface area (TPSA) is 67.6 Å². The first-order chi connectivity index (χ1) is 7.63. The molecule has 6 heteroatoms. The summed E-state index contributed by atoms with van der Waals surface area (Å²) in [5.41, 5.74) is 5.99. The Morgan fingerprint density at radius 2 is 2.25 bits per heavy atom. The van der Waals surface area contributed by atoms with Gasteiger partial charge in [0.2, 0.25) is 0 Å². The average molecular weight is 237 g/mol. The lowest BCUT2D eigenvalue weighted by Crippen LogP contribution is -2.04. The standard InChI is InChI=1S/C10H6ClFN4/c11-7-1-2-9(8(12)3-7)16-10(14)6(4-13)5-15-16/h1-3,5H,14H2. The van der Waals surface area contributed by atoms with Crippen molar-refractivity contribution >= 4 is 17.4 Å². The van der Waals surface area contributed by atoms with Gasteiger partial charge in [-0.15, -0.1) is 0 Å². The summed E-state index contributed by atoms with van der Waals surface area (Å²) >= 11 is 5.62. The van der Waals surface area contributed by atoms with Gasteiger partial charge in [-0.3, -0.25) is 0 Å². The van der Waals surface area contributed by atoms with Crippen LogP contribution in [0.1, 0.15) is 5.56 Å². The molecule has 0 aliphatic rings. The molecule has 2 aromatic rings. The quantitative estimate of drug-likeness (QED) is 0.825. The van der Waals surface area contributed by atoms with E-state index in [-0.39, 0.29) is 22.1 Å². The Kier molecular flexibility index (Phi) is 2.50. The minimum absolute atomic E-state index is 0.101. The zero-order valence-corrected chi connectivity index (χ0v) is 8.74. The summed E-state index contributed by atoms with van der Waals surface area (Å²) < 4.78 is 14.7. The monoisotopic (exact) mass is 236 g/mol. The van der Waals surface area contributed by atoms with Crippen LogP contribution >= 0.6 is 11.6 Å². The molecule has 16 heavy (non-hydrogen) atoms. The molecule has 0 atom stereocenters. The summed E-state index contributed by atoms with van der Waals surface area (Å²) in [4.78, 5) is 0. The summed E-state index contributed by atoms with van der Waals surface area (Å²) in [5, 5.41) is 12.8. The van der Waals surface area contributed by atoms with E-state index in [1.807, 2.05) is 6.07 Å². The predicted octanol–water partition coefficient (Wildman–Crippen LogP) is 2.12. The number of nitrogens with two attached hydrogens (primary N) is 1. The Labute approximate surface area is 95.7 Å². The number of hydrogen-bond acceptors (Lipinski definition) is 3. The zero-order chi connectivity index (χ0) is 11.7. The molecule has 0 saturated heterocycles. The first kappa shape index (κ1) is 10.5. The highest BCUT2D eigenvalue weighted by molar-refractivity contribution is 6.30. The number of nitrogen functional groups attached to an aromatic ring is 1. The molecule has 0 radical (unpaired) electrons. The Morgan fingerprint density at radius 3 is 2.81 bits per heavy atom. The van der Waals surface area contributed by atoms with E-state index in [9.17, 15) is 4.39 Å². The molecule has 0 spiro atoms. The van der Waals surface area contributed by atoms with E-state index in [1.54, 1.807) is 0 Å². The third-order valence-corrected chi connectivity index (χ3v) is 2.30. The highest BCUT2D eigenvalue weighted by Crippen LogP contribution is 2.21. The van der Waals surface area contributed by atoms with Crippen molar-refractivity contribution in [1.82, 2.24) is 9.78 Å². The molecular weight excluding hydrogens is 231 g/mol. The molecule has 0 aliphatic carbocycles. The Balaban J connectivity index is 2.60. The minimum atomic E-state index is -0.549. The lowest BCUT2D eigenvalue weighted by Gasteiger charge is -2.05. The van der Waals surface area contributed by atoms with Gasteiger partial charge in [-0.05, 0) is 18.2 Å². The molecule has 0 amide bonds. The van der Waals surface area contributed by atoms with E-state index in [0.717, 1.165) is 10.7 Å². The molecule has 0 saturated carbocycles. The van der Waals surface area contributed by atoms with E-state index in [2.05, 4.69) is 5.10 Å². The van der Waals surface area contributed by atoms with Crippen molar-refractivity contribution in [3.63, 3.8) is 0 Å². The van der Waals surface area contributed by atoms with Crippen LogP contribution in [0.25, 0.3) is 5.69 Å². The molecule has 0 unspecified atom stereocenters. The number of aromatic nitrogens is 2. The van der Waals surface area contributed by atoms with E-state index < -0.39 is 5.82 Å². The number of halogens is 2. The van der Waals surface area contributed by atoms with Crippen LogP contribution in [0, 0.1) is 17.1 Å². The minimum Gasteiger partial charge on any atom is -0.382 e. The first-order valence-electron chi connectivity index (χ1n) is 4.32. The van der Waals surface area contributed by atoms with Crippen LogP contribution in [0.2, 0.25) is 5.02 Å². The van der Waals surface area contributed by atoms with Crippen LogP contribution in [0.4, 0.5) is 10.2 Å². The highest BCUT2D eigenvalue weighted by Gasteiger charge is 2.12. The summed E-state index contributed by atoms with van der Waals surface area (Å²) in [6.07, 6.45) is 1.28. The van der Waals surface area contributed by atoms with Crippen LogP contribution < -0.4 is 5.73 Å². The van der Waals surface area contributed by atoms with Crippen LogP contribution in [0.3, 0.4) is 0 Å². The maximum absolute atomic E-state index is 13.5. The Hall–Kier alpha value is -2.06. The van der Waals surface area contributed by atoms with E-state index >= 15 is 0 Å². The largest absolute Gasteiger partial charge is 0.382 e. The van der Waals surface area contributed by atoms with Crippen molar-refractivity contribution < 1.29 is 4.39 Å². The Morgan fingerprint density at radius 1 is 1.50 bits per heavy atom. The van der Waals surface area contributed by atoms with Crippen LogP contribution in [-0.4, -0.2) is 9.78 Å². The van der Waals surface area contributed by atoms with Gasteiger partial charge in [-0.1, -0.05) is 11.6 Å². The van der Waals surface area contributed by atoms with Crippen molar-refractivity contribution in [2.75, 3.05) is 5.73 Å². The molecule has 80 valence electrons. The third-order valence-electron chi connectivity index (χ3n) is 2.06. The highest BCUT2D eigenvalue weighted by atomic mass is 35.5. The maximum atomic E-state index is 13.5. The number of nitriles is 1. The van der Waals surface area contributed by atoms with E-state index in [0.29, 0.717) is 0 Å². The molecule has 0 bridgehead atoms. The summed E-state index contributed by atoms with van der Waals surface area (Å²) in [5.74, 6) is -0.449. The van der Waals surface area contributed by atoms with Gasteiger partial charge >= 0.3 is 0 Å². The fourth-order valence-corrected chi connectivity index (χ4v) is 1.45. The van der Waals surface area contributed by atoms with Crippen molar-refractivity contribution in [2.45, 2.75) is 0 Å². The molecule has 0 fully saturated rings. The predicted molar refractivity (Wildman–Crippen MR) is 57.7 cm³/mol. The first-order valence-corrected chi connectivity index (χ1v) is 4.70. The van der Waals surface area contributed by atoms with E-state index in [4.69, 9.17) is 22.6 Å². The van der Waals surface area contributed by atoms with Crippen molar-refractivity contribution in [2.24, 2.45) is 0 Å². The molecule has 2 N–H and O–H groups in total. The van der Waals surface area contributed by atoms with Gasteiger partial charge in [0.05, 0.1) is 6.20 Å². The third kappa shape index (κ3) is 1.59. The summed E-state index contributed by atoms with van der Waals surface area (Å²) in [7, 11) is 0. The van der Waals surface area contributed by atoms with Gasteiger partial charge < -0.3 is 5.73 Å². The molecule has 1 heterocycles. The molecular formula is C10H6ClFN4. The van der Waals surface area contributed by atoms with E-state index in [1.165, 1.54) is 18.3 Å². The Bertz CT molecular complexity index is 585. The number of anilines is 1. The zero-order valence-electron chi connectivity index (χ0n) is 7.98. The fourth-order valence-electron chi connectivity index (χ4n) is 1.29. The molecule has 2 rings (SSSR count). The van der Waals surface area contributed by atoms with Gasteiger partial charge in [-0.2, -0.15) is 10.4 Å². The van der Waals surface area contributed by atoms with Crippen molar-refractivity contribution in [3.8, 4) is 11.8 Å². The molecule has 4 nitrogen and oxygen atoms in total. The van der Waals surface area contributed by atoms with Crippen LogP contribution in [0.5, 0.6) is 0 Å². The van der Waals surface area contributed by atoms with Crippen molar-refractivity contribution in [3.05, 3.63) is 40.8 Å². The van der Waals surface area contributed by atoms with Gasteiger partial charge in [0.1, 0.15) is 29.0 Å². The summed E-state index contributed by atoms with van der Waals surface area (Å²) in [6, 6.07) is 5.98. The normalized spacial score (nSPS) is 10.1. The second kappa shape index (κ2) is 3.83. The number of rotatable bonds is 1. The van der Waals surface area contributed by atoms with Gasteiger partial charge in [0.15, 0.2) is 0 Å². The smallest absolute Gasteiger partial charge is 0.150 e. The maximum Gasteiger partial charge on any atom is 0.150 e. The second-order valence-electron chi connectivity index (χ2n) is 3.06. The summed E-state index contributed by atoms with van der Waals surface area (Å²) in [6.45, 7) is 0. The van der Waals surface area contributed by atoms with Crippen LogP contribution in [-0.2, 0) is 0 Å². The lowest BCUT2D eigenvalue weighted by atomic mass is 10.3. The van der Waals surface area contributed by atoms with Gasteiger partial charge in [0, 0.05) is 5.02 Å². The average Bonchev–Trinajstić information content (AvgIpc) is 2.60. The second-order valence-corrected chi connectivity index (χ2v) is 3.50. The lowest BCUT2D eigenvalue weighted by molar-refractivity contribution is 0.612. The van der Waals surface area contributed by atoms with Crippen LogP contribution in [0.15, 0.2) is 24.4 Å². The number of nitrogens with zero attached hydrogens (tertiary/aromatic N) is 3. The molecule has 1 aromatic carbocycles. The number of hydrogen-bond donors (Lipinski definition) is 1. The van der Waals surface area contributed by atoms with Gasteiger partial charge in [0.25, 0.3) is 0 Å². The molecule has 1 aromatic heterocycles. The SMILES string of the molecule is N#Cc1cnn(-c2ccc(Cl)cc2F)c1N. The van der Waals surface area contributed by atoms with Gasteiger partial charge in [-0.25, -0.2) is 9.07 Å². The number of benzene rings is 1.